The molecule has 1 aromatic carbocycles. The summed E-state index contributed by atoms with van der Waals surface area (Å²) in [6, 6.07) is 9.51. The fourth-order valence-electron chi connectivity index (χ4n) is 1.23. The Bertz CT molecular complexity index is 583. The smallest absolute Gasteiger partial charge is 0.292 e. The maximum Gasteiger partial charge on any atom is 0.350 e. The van der Waals surface area contributed by atoms with Gasteiger partial charge in [0.05, 0.1) is 0 Å². The third kappa shape index (κ3) is 2.54. The van der Waals surface area contributed by atoms with E-state index >= 15 is 0 Å². The van der Waals surface area contributed by atoms with E-state index < -0.39 is 11.4 Å². The average molecular weight is 215 g/mol. The predicted molar refractivity (Wildman–Crippen MR) is 60.8 cm³/mol. The molecule has 5 heteroatoms. The minimum atomic E-state index is -0.656. The maximum absolute atomic E-state index is 10.9. The van der Waals surface area contributed by atoms with Gasteiger partial charge in [-0.1, -0.05) is 36.4 Å². The SMILES string of the molecule is O=c1nc(/C=C/c2ccccc2)[nH]c(=O)[nH]1. The Morgan fingerprint density at radius 3 is 2.44 bits per heavy atom. The highest BCUT2D eigenvalue weighted by Crippen LogP contribution is 2.02. The molecule has 2 N–H and O–H groups in total. The van der Waals surface area contributed by atoms with Crippen LogP contribution in [0.15, 0.2) is 39.9 Å². The number of benzene rings is 1. The molecule has 2 aromatic rings. The number of rotatable bonds is 2. The number of aromatic amines is 2. The highest BCUT2D eigenvalue weighted by molar-refractivity contribution is 5.66. The van der Waals surface area contributed by atoms with Gasteiger partial charge in [0, 0.05) is 0 Å². The van der Waals surface area contributed by atoms with Crippen molar-refractivity contribution in [3.05, 3.63) is 62.7 Å². The highest BCUT2D eigenvalue weighted by atomic mass is 16.2. The van der Waals surface area contributed by atoms with Gasteiger partial charge in [-0.3, -0.25) is 9.97 Å². The van der Waals surface area contributed by atoms with Crippen molar-refractivity contribution in [2.24, 2.45) is 0 Å². The molecule has 0 fully saturated rings. The quantitative estimate of drug-likeness (QED) is 0.771. The van der Waals surface area contributed by atoms with Crippen LogP contribution in [0.3, 0.4) is 0 Å². The zero-order valence-electron chi connectivity index (χ0n) is 8.31. The van der Waals surface area contributed by atoms with Crippen molar-refractivity contribution >= 4 is 12.2 Å². The van der Waals surface area contributed by atoms with E-state index in [4.69, 9.17) is 0 Å². The monoisotopic (exact) mass is 215 g/mol. The second-order valence-corrected chi connectivity index (χ2v) is 3.13. The first-order valence-corrected chi connectivity index (χ1v) is 4.68. The number of H-pyrrole nitrogens is 2. The topological polar surface area (TPSA) is 78.6 Å². The number of aromatic nitrogens is 3. The molecule has 1 aromatic heterocycles. The number of hydrogen-bond acceptors (Lipinski definition) is 3. The van der Waals surface area contributed by atoms with E-state index in [1.165, 1.54) is 0 Å². The lowest BCUT2D eigenvalue weighted by molar-refractivity contribution is 0.919. The van der Waals surface area contributed by atoms with Crippen molar-refractivity contribution < 1.29 is 0 Å². The molecule has 2 rings (SSSR count). The van der Waals surface area contributed by atoms with Crippen molar-refractivity contribution in [1.29, 1.82) is 0 Å². The Labute approximate surface area is 90.5 Å². The van der Waals surface area contributed by atoms with Crippen molar-refractivity contribution in [2.45, 2.75) is 0 Å². The summed E-state index contributed by atoms with van der Waals surface area (Å²) < 4.78 is 0. The lowest BCUT2D eigenvalue weighted by Gasteiger charge is -1.92. The average Bonchev–Trinajstić information content (AvgIpc) is 2.27. The van der Waals surface area contributed by atoms with E-state index in [1.54, 1.807) is 12.2 Å². The summed E-state index contributed by atoms with van der Waals surface area (Å²) in [5.74, 6) is 0.234. The van der Waals surface area contributed by atoms with E-state index in [9.17, 15) is 9.59 Å². The largest absolute Gasteiger partial charge is 0.350 e. The van der Waals surface area contributed by atoms with Crippen LogP contribution in [0.2, 0.25) is 0 Å². The first-order chi connectivity index (χ1) is 7.74. The molecule has 0 saturated heterocycles. The molecule has 0 bridgehead atoms. The number of hydrogen-bond donors (Lipinski definition) is 2. The zero-order chi connectivity index (χ0) is 11.4. The summed E-state index contributed by atoms with van der Waals surface area (Å²) in [6.45, 7) is 0. The highest BCUT2D eigenvalue weighted by Gasteiger charge is 1.93. The minimum absolute atomic E-state index is 0.234. The van der Waals surface area contributed by atoms with Crippen LogP contribution in [0.25, 0.3) is 12.2 Å². The molecule has 0 unspecified atom stereocenters. The second kappa shape index (κ2) is 4.39. The minimum Gasteiger partial charge on any atom is -0.292 e. The standard InChI is InChI=1S/C11H9N3O2/c15-10-12-9(13-11(16)14-10)7-6-8-4-2-1-3-5-8/h1-7H,(H2,12,13,14,15,16)/b7-6+. The van der Waals surface area contributed by atoms with Gasteiger partial charge in [-0.25, -0.2) is 9.59 Å². The van der Waals surface area contributed by atoms with Gasteiger partial charge in [-0.05, 0) is 11.6 Å². The van der Waals surface area contributed by atoms with Gasteiger partial charge < -0.3 is 0 Å². The van der Waals surface area contributed by atoms with Crippen LogP contribution < -0.4 is 11.4 Å². The van der Waals surface area contributed by atoms with E-state index in [1.807, 2.05) is 35.3 Å². The molecule has 5 nitrogen and oxygen atoms in total. The molecule has 0 saturated carbocycles. The Morgan fingerprint density at radius 2 is 1.75 bits per heavy atom. The summed E-state index contributed by atoms with van der Waals surface area (Å²) in [7, 11) is 0. The van der Waals surface area contributed by atoms with Crippen LogP contribution in [-0.2, 0) is 0 Å². The zero-order valence-corrected chi connectivity index (χ0v) is 8.31. The van der Waals surface area contributed by atoms with Gasteiger partial charge in [0.1, 0.15) is 5.82 Å². The van der Waals surface area contributed by atoms with Crippen LogP contribution in [0.4, 0.5) is 0 Å². The van der Waals surface area contributed by atoms with Crippen molar-refractivity contribution in [3.63, 3.8) is 0 Å². The molecule has 80 valence electrons. The van der Waals surface area contributed by atoms with Gasteiger partial charge in [-0.2, -0.15) is 4.98 Å². The summed E-state index contributed by atoms with van der Waals surface area (Å²) in [5, 5.41) is 0. The summed E-state index contributed by atoms with van der Waals surface area (Å²) in [4.78, 5) is 29.8. The molecule has 0 aliphatic rings. The third-order valence-corrected chi connectivity index (χ3v) is 1.92. The first-order valence-electron chi connectivity index (χ1n) is 4.68. The summed E-state index contributed by atoms with van der Waals surface area (Å²) >= 11 is 0. The molecule has 0 aliphatic heterocycles. The summed E-state index contributed by atoms with van der Waals surface area (Å²) in [5.41, 5.74) is -0.255. The Balaban J connectivity index is 2.31. The molecular formula is C11H9N3O2. The van der Waals surface area contributed by atoms with E-state index in [0.717, 1.165) is 5.56 Å². The molecule has 0 amide bonds. The second-order valence-electron chi connectivity index (χ2n) is 3.13. The molecule has 16 heavy (non-hydrogen) atoms. The molecule has 0 radical (unpaired) electrons. The third-order valence-electron chi connectivity index (χ3n) is 1.92. The first kappa shape index (κ1) is 10.1. The normalized spacial score (nSPS) is 10.8. The molecule has 0 aliphatic carbocycles. The summed E-state index contributed by atoms with van der Waals surface area (Å²) in [6.07, 6.45) is 3.34. The van der Waals surface area contributed by atoms with Crippen LogP contribution in [0.5, 0.6) is 0 Å². The fourth-order valence-corrected chi connectivity index (χ4v) is 1.23. The van der Waals surface area contributed by atoms with Crippen LogP contribution in [0, 0.1) is 0 Å². The van der Waals surface area contributed by atoms with E-state index in [2.05, 4.69) is 9.97 Å². The number of nitrogens with one attached hydrogen (secondary N) is 2. The van der Waals surface area contributed by atoms with E-state index in [0.29, 0.717) is 0 Å². The Hall–Kier alpha value is -2.43. The van der Waals surface area contributed by atoms with Crippen molar-refractivity contribution in [1.82, 2.24) is 15.0 Å². The van der Waals surface area contributed by atoms with Crippen molar-refractivity contribution in [2.75, 3.05) is 0 Å². The number of nitrogens with zero attached hydrogens (tertiary/aromatic N) is 1. The molecule has 0 atom stereocenters. The van der Waals surface area contributed by atoms with Crippen LogP contribution in [-0.4, -0.2) is 15.0 Å². The molecular weight excluding hydrogens is 206 g/mol. The van der Waals surface area contributed by atoms with Gasteiger partial charge in [0.25, 0.3) is 0 Å². The van der Waals surface area contributed by atoms with Gasteiger partial charge in [-0.15, -0.1) is 0 Å². The van der Waals surface area contributed by atoms with Gasteiger partial charge >= 0.3 is 11.4 Å². The lowest BCUT2D eigenvalue weighted by atomic mass is 10.2. The van der Waals surface area contributed by atoms with Gasteiger partial charge in [0.15, 0.2) is 0 Å². The van der Waals surface area contributed by atoms with Crippen LogP contribution in [0.1, 0.15) is 11.4 Å². The fraction of sp³-hybridized carbons (Fsp3) is 0. The molecule has 1 heterocycles. The van der Waals surface area contributed by atoms with Crippen molar-refractivity contribution in [3.8, 4) is 0 Å². The molecule has 0 spiro atoms. The lowest BCUT2D eigenvalue weighted by Crippen LogP contribution is -2.25. The Kier molecular flexibility index (Phi) is 2.77. The predicted octanol–water partition coefficient (Wildman–Crippen LogP) is 0.629. The van der Waals surface area contributed by atoms with Gasteiger partial charge in [0.2, 0.25) is 0 Å². The van der Waals surface area contributed by atoms with E-state index in [-0.39, 0.29) is 5.82 Å². The Morgan fingerprint density at radius 1 is 1.00 bits per heavy atom. The maximum atomic E-state index is 10.9. The van der Waals surface area contributed by atoms with Crippen LogP contribution >= 0.6 is 0 Å².